The highest BCUT2D eigenvalue weighted by Gasteiger charge is 2.41. The van der Waals surface area contributed by atoms with Crippen molar-refractivity contribution < 1.29 is 17.9 Å². The molecule has 0 atom stereocenters. The minimum atomic E-state index is -4.54. The molecular formula is C12H12F3N3O. The third kappa shape index (κ3) is 2.69. The molecule has 0 amide bonds. The lowest BCUT2D eigenvalue weighted by Gasteiger charge is -2.25. The summed E-state index contributed by atoms with van der Waals surface area (Å²) in [6.45, 7) is 1.68. The third-order valence-corrected chi connectivity index (χ3v) is 2.60. The number of anilines is 1. The van der Waals surface area contributed by atoms with Gasteiger partial charge in [-0.3, -0.25) is 4.99 Å². The number of aliphatic imine (C=N–C) groups is 1. The van der Waals surface area contributed by atoms with Crippen molar-refractivity contribution in [1.82, 2.24) is 0 Å². The Labute approximate surface area is 108 Å². The molecule has 0 bridgehead atoms. The Kier molecular flexibility index (Phi) is 3.46. The smallest absolute Gasteiger partial charge is 0.451 e. The van der Waals surface area contributed by atoms with Crippen LogP contribution in [-0.2, 0) is 0 Å². The fraction of sp³-hybridized carbons (Fsp3) is 0.333. The average Bonchev–Trinajstić information content (AvgIpc) is 2.37. The van der Waals surface area contributed by atoms with Crippen molar-refractivity contribution in [3.63, 3.8) is 0 Å². The summed E-state index contributed by atoms with van der Waals surface area (Å²) in [6.07, 6.45) is -3.21. The van der Waals surface area contributed by atoms with E-state index in [0.29, 0.717) is 11.4 Å². The highest BCUT2D eigenvalue weighted by atomic mass is 19.4. The molecule has 1 heterocycles. The first kappa shape index (κ1) is 13.4. The number of rotatable bonds is 2. The number of benzene rings is 1. The van der Waals surface area contributed by atoms with Crippen LogP contribution in [0.4, 0.5) is 18.9 Å². The van der Waals surface area contributed by atoms with Gasteiger partial charge < -0.3 is 4.74 Å². The number of hydrazone groups is 1. The Morgan fingerprint density at radius 3 is 2.63 bits per heavy atom. The van der Waals surface area contributed by atoms with Gasteiger partial charge in [0.05, 0.1) is 19.3 Å². The monoisotopic (exact) mass is 271 g/mol. The fourth-order valence-corrected chi connectivity index (χ4v) is 1.76. The van der Waals surface area contributed by atoms with E-state index in [4.69, 9.17) is 4.74 Å². The molecule has 0 radical (unpaired) electrons. The average molecular weight is 271 g/mol. The Morgan fingerprint density at radius 1 is 1.32 bits per heavy atom. The van der Waals surface area contributed by atoms with Crippen LogP contribution in [0.3, 0.4) is 0 Å². The van der Waals surface area contributed by atoms with Crippen LogP contribution in [0.1, 0.15) is 5.56 Å². The Hall–Kier alpha value is -2.05. The fourth-order valence-electron chi connectivity index (χ4n) is 1.76. The van der Waals surface area contributed by atoms with Crippen molar-refractivity contribution >= 4 is 17.7 Å². The zero-order chi connectivity index (χ0) is 14.0. The molecule has 0 N–H and O–H groups in total. The highest BCUT2D eigenvalue weighted by Crippen LogP contribution is 2.29. The van der Waals surface area contributed by atoms with E-state index >= 15 is 0 Å². The van der Waals surface area contributed by atoms with Crippen molar-refractivity contribution in [3.8, 4) is 5.75 Å². The van der Waals surface area contributed by atoms with Gasteiger partial charge in [0.25, 0.3) is 0 Å². The van der Waals surface area contributed by atoms with E-state index in [1.54, 1.807) is 19.1 Å². The van der Waals surface area contributed by atoms with Crippen LogP contribution in [0, 0.1) is 6.92 Å². The Morgan fingerprint density at radius 2 is 2.05 bits per heavy atom. The van der Waals surface area contributed by atoms with Crippen molar-refractivity contribution in [1.29, 1.82) is 0 Å². The second-order valence-electron chi connectivity index (χ2n) is 3.93. The molecule has 1 aliphatic heterocycles. The first-order chi connectivity index (χ1) is 8.93. The molecule has 7 heteroatoms. The van der Waals surface area contributed by atoms with Gasteiger partial charge in [-0.2, -0.15) is 18.3 Å². The molecule has 0 aromatic heterocycles. The van der Waals surface area contributed by atoms with Crippen LogP contribution in [0.5, 0.6) is 5.75 Å². The topological polar surface area (TPSA) is 37.2 Å². The lowest BCUT2D eigenvalue weighted by molar-refractivity contribution is -0.0604. The number of nitrogens with zero attached hydrogens (tertiary/aromatic N) is 3. The Bertz CT molecular complexity index is 538. The van der Waals surface area contributed by atoms with Gasteiger partial charge in [0.1, 0.15) is 5.75 Å². The highest BCUT2D eigenvalue weighted by molar-refractivity contribution is 6.03. The van der Waals surface area contributed by atoms with Gasteiger partial charge >= 0.3 is 6.18 Å². The van der Waals surface area contributed by atoms with E-state index in [0.717, 1.165) is 10.6 Å². The van der Waals surface area contributed by atoms with Gasteiger partial charge in [-0.1, -0.05) is 0 Å². The van der Waals surface area contributed by atoms with Gasteiger partial charge in [0.15, 0.2) is 0 Å². The minimum Gasteiger partial charge on any atom is -0.496 e. The number of amidine groups is 1. The van der Waals surface area contributed by atoms with E-state index in [1.807, 2.05) is 0 Å². The zero-order valence-corrected chi connectivity index (χ0v) is 10.4. The first-order valence-corrected chi connectivity index (χ1v) is 5.52. The first-order valence-electron chi connectivity index (χ1n) is 5.52. The molecule has 1 aliphatic rings. The molecule has 1 aromatic rings. The van der Waals surface area contributed by atoms with Gasteiger partial charge in [-0.05, 0) is 30.7 Å². The van der Waals surface area contributed by atoms with Crippen LogP contribution in [-0.4, -0.2) is 31.9 Å². The van der Waals surface area contributed by atoms with Gasteiger partial charge in [0.2, 0.25) is 5.84 Å². The van der Waals surface area contributed by atoms with E-state index in [2.05, 4.69) is 10.1 Å². The maximum atomic E-state index is 12.9. The molecule has 102 valence electrons. The lowest BCUT2D eigenvalue weighted by atomic mass is 10.2. The molecule has 0 unspecified atom stereocenters. The number of ether oxygens (including phenoxy) is 1. The maximum Gasteiger partial charge on any atom is 0.451 e. The van der Waals surface area contributed by atoms with Gasteiger partial charge in [-0.25, -0.2) is 5.01 Å². The van der Waals surface area contributed by atoms with Crippen LogP contribution in [0.25, 0.3) is 0 Å². The predicted molar refractivity (Wildman–Crippen MR) is 67.1 cm³/mol. The summed E-state index contributed by atoms with van der Waals surface area (Å²) in [5.74, 6) is -0.408. The predicted octanol–water partition coefficient (Wildman–Crippen LogP) is 2.77. The number of alkyl halides is 3. The summed E-state index contributed by atoms with van der Waals surface area (Å²) in [5, 5.41) is 4.55. The molecule has 0 aliphatic carbocycles. The van der Waals surface area contributed by atoms with Crippen LogP contribution < -0.4 is 9.75 Å². The molecule has 1 aromatic carbocycles. The molecule has 0 spiro atoms. The third-order valence-electron chi connectivity index (χ3n) is 2.60. The maximum absolute atomic E-state index is 12.9. The van der Waals surface area contributed by atoms with Crippen molar-refractivity contribution in [2.45, 2.75) is 13.1 Å². The molecule has 4 nitrogen and oxygen atoms in total. The molecule has 19 heavy (non-hydrogen) atoms. The normalized spacial score (nSPS) is 15.4. The zero-order valence-electron chi connectivity index (χ0n) is 10.4. The van der Waals surface area contributed by atoms with Crippen molar-refractivity contribution in [2.24, 2.45) is 10.1 Å². The molecule has 0 fully saturated rings. The molecule has 0 saturated heterocycles. The minimum absolute atomic E-state index is 0.0690. The molecular weight excluding hydrogens is 259 g/mol. The number of methoxy groups -OCH3 is 1. The number of hydrogen-bond acceptors (Lipinski definition) is 4. The summed E-state index contributed by atoms with van der Waals surface area (Å²) >= 11 is 0. The second kappa shape index (κ2) is 4.91. The SMILES string of the molecule is COc1ccc(N2N=CCN=C2C(F)(F)F)cc1C. The van der Waals surface area contributed by atoms with E-state index < -0.39 is 12.0 Å². The summed E-state index contributed by atoms with van der Waals surface area (Å²) in [7, 11) is 1.50. The summed E-state index contributed by atoms with van der Waals surface area (Å²) in [4.78, 5) is 3.47. The largest absolute Gasteiger partial charge is 0.496 e. The number of aryl methyl sites for hydroxylation is 1. The van der Waals surface area contributed by atoms with Crippen LogP contribution in [0.2, 0.25) is 0 Å². The lowest BCUT2D eigenvalue weighted by Crippen LogP contribution is -2.40. The van der Waals surface area contributed by atoms with Crippen molar-refractivity contribution in [3.05, 3.63) is 23.8 Å². The van der Waals surface area contributed by atoms with Crippen molar-refractivity contribution in [2.75, 3.05) is 18.7 Å². The van der Waals surface area contributed by atoms with E-state index in [-0.39, 0.29) is 6.54 Å². The number of hydrogen-bond donors (Lipinski definition) is 0. The van der Waals surface area contributed by atoms with Crippen LogP contribution in [0.15, 0.2) is 28.3 Å². The standard InChI is InChI=1S/C12H12F3N3O/c1-8-7-9(3-4-10(8)19-2)18-11(12(13,14)15)16-5-6-17-18/h3-4,6-7H,5H2,1-2H3. The second-order valence-corrected chi connectivity index (χ2v) is 3.93. The molecule has 2 rings (SSSR count). The van der Waals surface area contributed by atoms with E-state index in [1.165, 1.54) is 19.4 Å². The van der Waals surface area contributed by atoms with Gasteiger partial charge in [0, 0.05) is 6.21 Å². The molecule has 0 saturated carbocycles. The summed E-state index contributed by atoms with van der Waals surface area (Å²) in [6, 6.07) is 4.68. The Balaban J connectivity index is 2.39. The van der Waals surface area contributed by atoms with E-state index in [9.17, 15) is 13.2 Å². The quantitative estimate of drug-likeness (QED) is 0.829. The summed E-state index contributed by atoms with van der Waals surface area (Å²) < 4.78 is 43.6. The number of halogens is 3. The summed E-state index contributed by atoms with van der Waals surface area (Å²) in [5.41, 5.74) is 1.02. The van der Waals surface area contributed by atoms with Gasteiger partial charge in [-0.15, -0.1) is 0 Å². The van der Waals surface area contributed by atoms with Crippen LogP contribution >= 0.6 is 0 Å².